The van der Waals surface area contributed by atoms with Crippen LogP contribution in [-0.2, 0) is 22.6 Å². The van der Waals surface area contributed by atoms with Crippen molar-refractivity contribution >= 4 is 23.4 Å². The molecule has 0 aromatic heterocycles. The predicted octanol–water partition coefficient (Wildman–Crippen LogP) is 6.39. The van der Waals surface area contributed by atoms with Gasteiger partial charge >= 0.3 is 0 Å². The van der Waals surface area contributed by atoms with Crippen molar-refractivity contribution < 1.29 is 24.2 Å². The normalized spacial score (nSPS) is 21.7. The first-order valence-corrected chi connectivity index (χ1v) is 19.3. The van der Waals surface area contributed by atoms with E-state index in [-0.39, 0.29) is 24.2 Å². The first-order valence-electron chi connectivity index (χ1n) is 19.3. The molecule has 1 aliphatic carbocycles. The zero-order chi connectivity index (χ0) is 36.3. The Bertz CT molecular complexity index is 1960. The largest absolute Gasteiger partial charge is 0.508 e. The maximum atomic E-state index is 13.0. The molecule has 3 aliphatic heterocycles. The molecule has 4 aliphatic rings. The van der Waals surface area contributed by atoms with Gasteiger partial charge in [0.15, 0.2) is 0 Å². The van der Waals surface area contributed by atoms with Crippen LogP contribution in [0.1, 0.15) is 88.5 Å². The van der Waals surface area contributed by atoms with Crippen molar-refractivity contribution in [2.24, 2.45) is 0 Å². The molecule has 4 aromatic carbocycles. The number of fused-ring (bicyclic) bond motifs is 2. The molecule has 3 atom stereocenters. The molecule has 3 amide bonds. The van der Waals surface area contributed by atoms with Crippen molar-refractivity contribution in [2.75, 3.05) is 44.2 Å². The molecular weight excluding hydrogens is 665 g/mol. The molecule has 53 heavy (non-hydrogen) atoms. The highest BCUT2D eigenvalue weighted by atomic mass is 16.5. The number of anilines is 1. The lowest BCUT2D eigenvalue weighted by molar-refractivity contribution is -0.136. The van der Waals surface area contributed by atoms with E-state index < -0.39 is 11.9 Å². The molecule has 1 unspecified atom stereocenters. The topological polar surface area (TPSA) is 102 Å². The number of carbonyl (C=O) groups excluding carboxylic acids is 3. The Morgan fingerprint density at radius 1 is 0.755 bits per heavy atom. The molecule has 3 heterocycles. The highest BCUT2D eigenvalue weighted by Crippen LogP contribution is 2.47. The molecule has 2 saturated heterocycles. The molecule has 4 aromatic rings. The Balaban J connectivity index is 0.780. The summed E-state index contributed by atoms with van der Waals surface area (Å²) in [5.41, 5.74) is 8.04. The number of carbonyl (C=O) groups is 3. The van der Waals surface area contributed by atoms with Gasteiger partial charge < -0.3 is 19.6 Å². The Labute approximate surface area is 311 Å². The number of hydrogen-bond acceptors (Lipinski definition) is 7. The molecule has 0 spiro atoms. The number of amides is 3. The minimum atomic E-state index is -0.608. The van der Waals surface area contributed by atoms with Crippen molar-refractivity contribution in [3.8, 4) is 11.5 Å². The second-order valence-corrected chi connectivity index (χ2v) is 15.0. The van der Waals surface area contributed by atoms with Crippen LogP contribution in [0, 0.1) is 0 Å². The van der Waals surface area contributed by atoms with E-state index in [9.17, 15) is 19.5 Å². The van der Waals surface area contributed by atoms with Crippen molar-refractivity contribution in [3.05, 3.63) is 124 Å². The molecule has 0 saturated carbocycles. The van der Waals surface area contributed by atoms with E-state index in [1.54, 1.807) is 11.0 Å². The van der Waals surface area contributed by atoms with E-state index in [1.807, 2.05) is 24.3 Å². The Hall–Kier alpha value is -5.15. The summed E-state index contributed by atoms with van der Waals surface area (Å²) in [7, 11) is 0. The van der Waals surface area contributed by atoms with Crippen LogP contribution in [0.25, 0.3) is 0 Å². The quantitative estimate of drug-likeness (QED) is 0.137. The van der Waals surface area contributed by atoms with Gasteiger partial charge in [0.25, 0.3) is 5.91 Å². The van der Waals surface area contributed by atoms with Gasteiger partial charge in [0, 0.05) is 56.3 Å². The summed E-state index contributed by atoms with van der Waals surface area (Å²) >= 11 is 0. The molecule has 2 fully saturated rings. The van der Waals surface area contributed by atoms with Gasteiger partial charge in [0.2, 0.25) is 11.8 Å². The number of benzene rings is 4. The second kappa shape index (κ2) is 15.4. The van der Waals surface area contributed by atoms with Crippen LogP contribution in [0.4, 0.5) is 5.69 Å². The first-order chi connectivity index (χ1) is 25.9. The van der Waals surface area contributed by atoms with E-state index in [1.165, 1.54) is 27.9 Å². The maximum Gasteiger partial charge on any atom is 0.255 e. The third-order valence-electron chi connectivity index (χ3n) is 11.7. The molecular formula is C44H48N4O5. The smallest absolute Gasteiger partial charge is 0.255 e. The van der Waals surface area contributed by atoms with Gasteiger partial charge in [-0.2, -0.15) is 0 Å². The monoisotopic (exact) mass is 712 g/mol. The molecule has 2 N–H and O–H groups in total. The number of piperazine rings is 1. The fraction of sp³-hybridized carbons (Fsp3) is 0.386. The van der Waals surface area contributed by atoms with Gasteiger partial charge in [-0.15, -0.1) is 0 Å². The second-order valence-electron chi connectivity index (χ2n) is 15.0. The number of hydrogen-bond donors (Lipinski definition) is 2. The Kier molecular flexibility index (Phi) is 10.2. The standard InChI is InChI=1S/C44H48N4O5/c49-35-14-17-38-32(27-35)11-16-37(30-7-3-1-4-8-30)42(38)31-9-12-34(13-10-31)47-24-22-46(23-25-47)21-5-2-6-26-53-36-15-18-39-33(28-36)29-48(44(39)52)40-19-20-41(50)45-43(40)51/h1,3-4,7-10,12-15,17-18,27-28,37,40,42,49H,2,5-6,11,16,19-26,29H2,(H,45,50,51)/t37-,40?,42+/m1/s1. The van der Waals surface area contributed by atoms with Gasteiger partial charge in [0.05, 0.1) is 6.61 Å². The predicted molar refractivity (Wildman–Crippen MR) is 204 cm³/mol. The summed E-state index contributed by atoms with van der Waals surface area (Å²) in [5.74, 6) is 0.907. The van der Waals surface area contributed by atoms with Crippen LogP contribution in [-0.4, -0.2) is 78.0 Å². The van der Waals surface area contributed by atoms with E-state index in [4.69, 9.17) is 4.74 Å². The summed E-state index contributed by atoms with van der Waals surface area (Å²) in [6, 6.07) is 31.0. The van der Waals surface area contributed by atoms with Crippen LogP contribution in [0.3, 0.4) is 0 Å². The highest BCUT2D eigenvalue weighted by molar-refractivity contribution is 6.05. The Morgan fingerprint density at radius 3 is 2.36 bits per heavy atom. The SMILES string of the molecule is O=C1CCC(N2Cc3cc(OCCCCCN4CCN(c5ccc([C@@H]6c7ccc(O)cc7CC[C@@H]6c6ccccc6)cc5)CC4)ccc3C2=O)C(=O)N1. The number of unbranched alkanes of at least 4 members (excludes halogenated alkanes) is 2. The third-order valence-corrected chi connectivity index (χ3v) is 11.7. The van der Waals surface area contributed by atoms with Crippen LogP contribution in [0.15, 0.2) is 91.0 Å². The van der Waals surface area contributed by atoms with Crippen molar-refractivity contribution in [1.82, 2.24) is 15.1 Å². The zero-order valence-electron chi connectivity index (χ0n) is 30.2. The average molecular weight is 713 g/mol. The molecule has 0 bridgehead atoms. The molecule has 8 rings (SSSR count). The molecule has 274 valence electrons. The lowest BCUT2D eigenvalue weighted by atomic mass is 9.69. The summed E-state index contributed by atoms with van der Waals surface area (Å²) in [5, 5.41) is 12.5. The molecule has 9 nitrogen and oxygen atoms in total. The van der Waals surface area contributed by atoms with E-state index in [2.05, 4.69) is 75.8 Å². The van der Waals surface area contributed by atoms with E-state index >= 15 is 0 Å². The van der Waals surface area contributed by atoms with Gasteiger partial charge in [-0.3, -0.25) is 24.6 Å². The molecule has 9 heteroatoms. The van der Waals surface area contributed by atoms with Crippen molar-refractivity contribution in [2.45, 2.75) is 69.4 Å². The fourth-order valence-corrected chi connectivity index (χ4v) is 8.84. The number of phenols is 1. The maximum absolute atomic E-state index is 13.0. The fourth-order valence-electron chi connectivity index (χ4n) is 8.84. The van der Waals surface area contributed by atoms with Gasteiger partial charge in [-0.1, -0.05) is 48.5 Å². The zero-order valence-corrected chi connectivity index (χ0v) is 30.2. The summed E-state index contributed by atoms with van der Waals surface area (Å²) in [6.45, 7) is 6.20. The highest BCUT2D eigenvalue weighted by Gasteiger charge is 2.39. The number of nitrogens with one attached hydrogen (secondary N) is 1. The number of nitrogens with zero attached hydrogens (tertiary/aromatic N) is 3. The first kappa shape index (κ1) is 34.9. The number of imide groups is 1. The van der Waals surface area contributed by atoms with Crippen LogP contribution >= 0.6 is 0 Å². The van der Waals surface area contributed by atoms with Crippen molar-refractivity contribution in [3.63, 3.8) is 0 Å². The minimum absolute atomic E-state index is 0.165. The number of aromatic hydroxyl groups is 1. The number of rotatable bonds is 11. The van der Waals surface area contributed by atoms with Gasteiger partial charge in [-0.05, 0) is 121 Å². The van der Waals surface area contributed by atoms with Crippen molar-refractivity contribution in [1.29, 1.82) is 0 Å². The lowest BCUT2D eigenvalue weighted by Gasteiger charge is -2.37. The minimum Gasteiger partial charge on any atom is -0.508 e. The van der Waals surface area contributed by atoms with Gasteiger partial charge in [0.1, 0.15) is 17.5 Å². The van der Waals surface area contributed by atoms with Crippen LogP contribution in [0.5, 0.6) is 11.5 Å². The van der Waals surface area contributed by atoms with E-state index in [0.29, 0.717) is 36.8 Å². The molecule has 0 radical (unpaired) electrons. The third kappa shape index (κ3) is 7.53. The number of piperidine rings is 1. The average Bonchev–Trinajstić information content (AvgIpc) is 3.51. The van der Waals surface area contributed by atoms with E-state index in [0.717, 1.165) is 76.1 Å². The Morgan fingerprint density at radius 2 is 1.57 bits per heavy atom. The number of ether oxygens (including phenoxy) is 1. The summed E-state index contributed by atoms with van der Waals surface area (Å²) in [6.07, 6.45) is 5.82. The van der Waals surface area contributed by atoms with Crippen LogP contribution in [0.2, 0.25) is 0 Å². The summed E-state index contributed by atoms with van der Waals surface area (Å²) in [4.78, 5) is 43.5. The number of phenolic OH excluding ortho intramolecular Hbond substituents is 1. The number of aryl methyl sites for hydroxylation is 1. The van der Waals surface area contributed by atoms with Crippen LogP contribution < -0.4 is 15.0 Å². The van der Waals surface area contributed by atoms with Gasteiger partial charge in [-0.25, -0.2) is 0 Å². The summed E-state index contributed by atoms with van der Waals surface area (Å²) < 4.78 is 6.05. The lowest BCUT2D eigenvalue weighted by Crippen LogP contribution is -2.52.